The summed E-state index contributed by atoms with van der Waals surface area (Å²) < 4.78 is 0. The maximum Gasteiger partial charge on any atom is 0.253 e. The third kappa shape index (κ3) is 3.58. The molecule has 4 rings (SSSR count). The summed E-state index contributed by atoms with van der Waals surface area (Å²) in [6.07, 6.45) is 2.66. The molecule has 0 aromatic heterocycles. The van der Waals surface area contributed by atoms with Crippen LogP contribution in [0.25, 0.3) is 11.1 Å². The van der Waals surface area contributed by atoms with E-state index in [1.165, 1.54) is 12.8 Å². The first-order chi connectivity index (χ1) is 12.1. The fourth-order valence-corrected chi connectivity index (χ4v) is 3.81. The lowest BCUT2D eigenvalue weighted by Gasteiger charge is -2.34. The van der Waals surface area contributed by atoms with Crippen molar-refractivity contribution >= 4 is 17.5 Å². The van der Waals surface area contributed by atoms with Crippen LogP contribution in [-0.4, -0.2) is 47.9 Å². The van der Waals surface area contributed by atoms with Crippen molar-refractivity contribution in [3.8, 4) is 11.1 Å². The molecule has 1 amide bonds. The zero-order valence-corrected chi connectivity index (χ0v) is 15.3. The van der Waals surface area contributed by atoms with Gasteiger partial charge in [-0.25, -0.2) is 0 Å². The van der Waals surface area contributed by atoms with Crippen molar-refractivity contribution in [2.45, 2.75) is 25.8 Å². The highest BCUT2D eigenvalue weighted by Gasteiger charge is 2.32. The molecule has 2 aromatic rings. The normalized spacial score (nSPS) is 18.4. The summed E-state index contributed by atoms with van der Waals surface area (Å²) >= 11 is 6.16. The van der Waals surface area contributed by atoms with Crippen LogP contribution in [0.1, 0.15) is 28.8 Å². The second kappa shape index (κ2) is 6.81. The van der Waals surface area contributed by atoms with Gasteiger partial charge in [0.1, 0.15) is 0 Å². The third-order valence-corrected chi connectivity index (χ3v) is 5.52. The highest BCUT2D eigenvalue weighted by atomic mass is 35.5. The highest BCUT2D eigenvalue weighted by Crippen LogP contribution is 2.29. The zero-order valence-electron chi connectivity index (χ0n) is 14.5. The van der Waals surface area contributed by atoms with Gasteiger partial charge in [-0.1, -0.05) is 29.8 Å². The van der Waals surface area contributed by atoms with Crippen molar-refractivity contribution in [3.05, 3.63) is 58.6 Å². The topological polar surface area (TPSA) is 23.6 Å². The monoisotopic (exact) mass is 354 g/mol. The number of halogens is 1. The summed E-state index contributed by atoms with van der Waals surface area (Å²) in [7, 11) is 0. The van der Waals surface area contributed by atoms with E-state index in [0.717, 1.165) is 54.5 Å². The summed E-state index contributed by atoms with van der Waals surface area (Å²) in [5, 5.41) is 0.716. The number of nitrogens with zero attached hydrogens (tertiary/aromatic N) is 2. The molecule has 0 bridgehead atoms. The number of amides is 1. The smallest absolute Gasteiger partial charge is 0.253 e. The Labute approximate surface area is 154 Å². The molecule has 0 unspecified atom stereocenters. The van der Waals surface area contributed by atoms with E-state index in [1.807, 2.05) is 47.4 Å². The van der Waals surface area contributed by atoms with E-state index < -0.39 is 0 Å². The van der Waals surface area contributed by atoms with E-state index >= 15 is 0 Å². The first-order valence-electron chi connectivity index (χ1n) is 9.02. The van der Waals surface area contributed by atoms with Gasteiger partial charge in [-0.2, -0.15) is 0 Å². The van der Waals surface area contributed by atoms with E-state index in [4.69, 9.17) is 11.6 Å². The van der Waals surface area contributed by atoms with Crippen LogP contribution in [0, 0.1) is 6.92 Å². The number of rotatable bonds is 3. The zero-order chi connectivity index (χ0) is 17.4. The summed E-state index contributed by atoms with van der Waals surface area (Å²) in [6, 6.07) is 14.6. The van der Waals surface area contributed by atoms with Crippen molar-refractivity contribution in [2.75, 3.05) is 26.2 Å². The Morgan fingerprint density at radius 3 is 2.52 bits per heavy atom. The average Bonchev–Trinajstić information content (AvgIpc) is 3.48. The maximum absolute atomic E-state index is 12.9. The standard InChI is InChI=1S/C21H23ClN2O/c1-15-5-6-18(22)14-20(15)16-3-2-4-17(13-16)21(25)24-11-9-23(10-12-24)19-7-8-19/h2-6,13-14,19H,7-12H2,1H3. The first kappa shape index (κ1) is 16.6. The molecule has 1 aliphatic carbocycles. The van der Waals surface area contributed by atoms with Crippen LogP contribution < -0.4 is 0 Å². The Bertz CT molecular complexity index is 792. The Balaban J connectivity index is 1.53. The number of benzene rings is 2. The molecule has 0 radical (unpaired) electrons. The minimum Gasteiger partial charge on any atom is -0.336 e. The maximum atomic E-state index is 12.9. The van der Waals surface area contributed by atoms with Gasteiger partial charge in [-0.05, 0) is 60.7 Å². The van der Waals surface area contributed by atoms with Crippen molar-refractivity contribution < 1.29 is 4.79 Å². The molecule has 2 fully saturated rings. The molecule has 1 heterocycles. The number of piperazine rings is 1. The first-order valence-corrected chi connectivity index (χ1v) is 9.39. The number of hydrogen-bond acceptors (Lipinski definition) is 2. The van der Waals surface area contributed by atoms with Crippen molar-refractivity contribution in [3.63, 3.8) is 0 Å². The van der Waals surface area contributed by atoms with Gasteiger partial charge in [-0.3, -0.25) is 9.69 Å². The van der Waals surface area contributed by atoms with Gasteiger partial charge >= 0.3 is 0 Å². The molecule has 130 valence electrons. The van der Waals surface area contributed by atoms with E-state index in [9.17, 15) is 4.79 Å². The van der Waals surface area contributed by atoms with Gasteiger partial charge in [-0.15, -0.1) is 0 Å². The van der Waals surface area contributed by atoms with Gasteiger partial charge in [0.25, 0.3) is 5.91 Å². The molecule has 3 nitrogen and oxygen atoms in total. The van der Waals surface area contributed by atoms with Crippen LogP contribution in [0.2, 0.25) is 5.02 Å². The summed E-state index contributed by atoms with van der Waals surface area (Å²) in [6.45, 7) is 5.73. The fraction of sp³-hybridized carbons (Fsp3) is 0.381. The molecule has 1 saturated carbocycles. The third-order valence-electron chi connectivity index (χ3n) is 5.28. The van der Waals surface area contributed by atoms with E-state index in [0.29, 0.717) is 5.02 Å². The molecule has 2 aliphatic rings. The Kier molecular flexibility index (Phi) is 4.53. The number of aryl methyl sites for hydroxylation is 1. The Hall–Kier alpha value is -1.84. The van der Waals surface area contributed by atoms with E-state index in [2.05, 4.69) is 11.8 Å². The lowest BCUT2D eigenvalue weighted by molar-refractivity contribution is 0.0627. The molecule has 1 aliphatic heterocycles. The molecule has 2 aromatic carbocycles. The fourth-order valence-electron chi connectivity index (χ4n) is 3.64. The van der Waals surface area contributed by atoms with Crippen molar-refractivity contribution in [1.82, 2.24) is 9.80 Å². The lowest BCUT2D eigenvalue weighted by atomic mass is 9.98. The van der Waals surface area contributed by atoms with Crippen LogP contribution in [0.5, 0.6) is 0 Å². The largest absolute Gasteiger partial charge is 0.336 e. The second-order valence-corrected chi connectivity index (χ2v) is 7.54. The Morgan fingerprint density at radius 2 is 1.80 bits per heavy atom. The van der Waals surface area contributed by atoms with Gasteiger partial charge in [0.15, 0.2) is 0 Å². The van der Waals surface area contributed by atoms with Gasteiger partial charge in [0.05, 0.1) is 0 Å². The van der Waals surface area contributed by atoms with Crippen LogP contribution >= 0.6 is 11.6 Å². The van der Waals surface area contributed by atoms with Crippen LogP contribution in [0.4, 0.5) is 0 Å². The predicted molar refractivity (Wildman–Crippen MR) is 102 cm³/mol. The van der Waals surface area contributed by atoms with Crippen LogP contribution in [0.15, 0.2) is 42.5 Å². The highest BCUT2D eigenvalue weighted by molar-refractivity contribution is 6.30. The number of carbonyl (C=O) groups excluding carboxylic acids is 1. The number of hydrogen-bond donors (Lipinski definition) is 0. The SMILES string of the molecule is Cc1ccc(Cl)cc1-c1cccc(C(=O)N2CCN(C3CC3)CC2)c1. The number of carbonyl (C=O) groups is 1. The van der Waals surface area contributed by atoms with Gasteiger partial charge < -0.3 is 4.90 Å². The van der Waals surface area contributed by atoms with Crippen LogP contribution in [-0.2, 0) is 0 Å². The summed E-state index contributed by atoms with van der Waals surface area (Å²) in [5.41, 5.74) is 4.05. The second-order valence-electron chi connectivity index (χ2n) is 7.10. The molecular formula is C21H23ClN2O. The van der Waals surface area contributed by atoms with Crippen LogP contribution in [0.3, 0.4) is 0 Å². The average molecular weight is 355 g/mol. The molecule has 0 atom stereocenters. The Morgan fingerprint density at radius 1 is 1.04 bits per heavy atom. The van der Waals surface area contributed by atoms with E-state index in [1.54, 1.807) is 0 Å². The van der Waals surface area contributed by atoms with Gasteiger partial charge in [0.2, 0.25) is 0 Å². The molecule has 0 spiro atoms. The molecule has 4 heteroatoms. The minimum atomic E-state index is 0.136. The minimum absolute atomic E-state index is 0.136. The van der Waals surface area contributed by atoms with E-state index in [-0.39, 0.29) is 5.91 Å². The lowest BCUT2D eigenvalue weighted by Crippen LogP contribution is -2.49. The predicted octanol–water partition coefficient (Wildman–Crippen LogP) is 4.24. The summed E-state index contributed by atoms with van der Waals surface area (Å²) in [5.74, 6) is 0.136. The summed E-state index contributed by atoms with van der Waals surface area (Å²) in [4.78, 5) is 17.4. The quantitative estimate of drug-likeness (QED) is 0.823. The van der Waals surface area contributed by atoms with Crippen molar-refractivity contribution in [2.24, 2.45) is 0 Å². The molecule has 1 saturated heterocycles. The van der Waals surface area contributed by atoms with Gasteiger partial charge in [0, 0.05) is 42.8 Å². The van der Waals surface area contributed by atoms with Crippen molar-refractivity contribution in [1.29, 1.82) is 0 Å². The molecule has 25 heavy (non-hydrogen) atoms. The molecular weight excluding hydrogens is 332 g/mol. The molecule has 0 N–H and O–H groups in total.